The lowest BCUT2D eigenvalue weighted by molar-refractivity contribution is -0.132. The molecule has 1 rings (SSSR count). The van der Waals surface area contributed by atoms with E-state index in [0.717, 1.165) is 11.3 Å². The summed E-state index contributed by atoms with van der Waals surface area (Å²) >= 11 is 0. The van der Waals surface area contributed by atoms with Crippen LogP contribution in [0.25, 0.3) is 0 Å². The van der Waals surface area contributed by atoms with E-state index in [1.165, 1.54) is 0 Å². The maximum atomic E-state index is 12.1. The van der Waals surface area contributed by atoms with Gasteiger partial charge in [-0.15, -0.1) is 0 Å². The Hall–Kier alpha value is -1.23. The Bertz CT molecular complexity index is 333. The van der Waals surface area contributed by atoms with Gasteiger partial charge in [0.2, 0.25) is 0 Å². The van der Waals surface area contributed by atoms with E-state index in [4.69, 9.17) is 5.73 Å². The average molecular weight is 246 g/mol. The number of halogens is 3. The third-order valence-electron chi connectivity index (χ3n) is 2.58. The van der Waals surface area contributed by atoms with E-state index >= 15 is 0 Å². The van der Waals surface area contributed by atoms with Gasteiger partial charge in [0.25, 0.3) is 0 Å². The molecule has 0 unspecified atom stereocenters. The second kappa shape index (κ2) is 5.91. The predicted octanol–water partition coefficient (Wildman–Crippen LogP) is 2.92. The van der Waals surface area contributed by atoms with Crippen molar-refractivity contribution in [3.8, 4) is 0 Å². The molecule has 2 N–H and O–H groups in total. The van der Waals surface area contributed by atoms with Crippen molar-refractivity contribution in [3.63, 3.8) is 0 Å². The summed E-state index contributed by atoms with van der Waals surface area (Å²) in [7, 11) is 0. The number of anilines is 1. The monoisotopic (exact) mass is 246 g/mol. The van der Waals surface area contributed by atoms with Crippen molar-refractivity contribution in [1.29, 1.82) is 0 Å². The van der Waals surface area contributed by atoms with Gasteiger partial charge in [-0.05, 0) is 24.6 Å². The van der Waals surface area contributed by atoms with Crippen molar-refractivity contribution in [1.82, 2.24) is 0 Å². The molecule has 0 aromatic heterocycles. The van der Waals surface area contributed by atoms with Gasteiger partial charge in [0.15, 0.2) is 0 Å². The highest BCUT2D eigenvalue weighted by atomic mass is 19.4. The average Bonchev–Trinajstić information content (AvgIpc) is 2.29. The first-order valence-corrected chi connectivity index (χ1v) is 5.57. The molecule has 0 saturated carbocycles. The molecule has 2 nitrogen and oxygen atoms in total. The zero-order valence-electron chi connectivity index (χ0n) is 9.80. The molecule has 0 heterocycles. The Morgan fingerprint density at radius 3 is 2.18 bits per heavy atom. The second-order valence-corrected chi connectivity index (χ2v) is 3.82. The largest absolute Gasteiger partial charge is 0.390 e. The highest BCUT2D eigenvalue weighted by molar-refractivity contribution is 5.47. The quantitative estimate of drug-likeness (QED) is 0.865. The molecule has 1 aromatic carbocycles. The minimum absolute atomic E-state index is 0.0119. The molecule has 0 aliphatic heterocycles. The lowest BCUT2D eigenvalue weighted by Crippen LogP contribution is -2.27. The molecule has 0 amide bonds. The maximum Gasteiger partial charge on any atom is 0.390 e. The summed E-state index contributed by atoms with van der Waals surface area (Å²) < 4.78 is 36.4. The van der Waals surface area contributed by atoms with Crippen LogP contribution in [0.2, 0.25) is 0 Å². The van der Waals surface area contributed by atoms with Crippen molar-refractivity contribution in [2.45, 2.75) is 26.1 Å². The highest BCUT2D eigenvalue weighted by Crippen LogP contribution is 2.22. The normalized spacial score (nSPS) is 11.6. The van der Waals surface area contributed by atoms with Gasteiger partial charge < -0.3 is 10.6 Å². The molecule has 0 aliphatic carbocycles. The Morgan fingerprint density at radius 2 is 1.76 bits per heavy atom. The third kappa shape index (κ3) is 4.65. The maximum absolute atomic E-state index is 12.1. The third-order valence-corrected chi connectivity index (χ3v) is 2.58. The minimum atomic E-state index is -4.11. The van der Waals surface area contributed by atoms with Gasteiger partial charge in [-0.25, -0.2) is 0 Å². The van der Waals surface area contributed by atoms with Crippen molar-refractivity contribution >= 4 is 5.69 Å². The van der Waals surface area contributed by atoms with E-state index in [0.29, 0.717) is 13.1 Å². The van der Waals surface area contributed by atoms with Crippen LogP contribution in [0.3, 0.4) is 0 Å². The Morgan fingerprint density at radius 1 is 1.18 bits per heavy atom. The summed E-state index contributed by atoms with van der Waals surface area (Å²) in [4.78, 5) is 1.70. The van der Waals surface area contributed by atoms with Crippen LogP contribution in [0.4, 0.5) is 18.9 Å². The van der Waals surface area contributed by atoms with Crippen LogP contribution < -0.4 is 10.6 Å². The van der Waals surface area contributed by atoms with Crippen molar-refractivity contribution in [3.05, 3.63) is 29.8 Å². The molecular formula is C12H17F3N2. The molecule has 0 bridgehead atoms. The van der Waals surface area contributed by atoms with Gasteiger partial charge in [0.1, 0.15) is 0 Å². The zero-order chi connectivity index (χ0) is 12.9. The molecule has 0 fully saturated rings. The number of hydrogen-bond donors (Lipinski definition) is 1. The fourth-order valence-electron chi connectivity index (χ4n) is 1.57. The molecule has 96 valence electrons. The van der Waals surface area contributed by atoms with E-state index in [1.54, 1.807) is 4.90 Å². The van der Waals surface area contributed by atoms with Crippen LogP contribution in [0.1, 0.15) is 18.9 Å². The standard InChI is InChI=1S/C12H17F3N2/c1-2-17(8-7-12(13,14)15)11-5-3-10(9-16)4-6-11/h3-6H,2,7-9,16H2,1H3. The van der Waals surface area contributed by atoms with Gasteiger partial charge in [-0.2, -0.15) is 13.2 Å². The number of benzene rings is 1. The number of nitrogens with zero attached hydrogens (tertiary/aromatic N) is 1. The van der Waals surface area contributed by atoms with Crippen LogP contribution in [-0.4, -0.2) is 19.3 Å². The fraction of sp³-hybridized carbons (Fsp3) is 0.500. The highest BCUT2D eigenvalue weighted by Gasteiger charge is 2.27. The molecule has 0 atom stereocenters. The smallest absolute Gasteiger partial charge is 0.371 e. The summed E-state index contributed by atoms with van der Waals surface area (Å²) in [6, 6.07) is 7.29. The van der Waals surface area contributed by atoms with Crippen LogP contribution in [0.5, 0.6) is 0 Å². The SMILES string of the molecule is CCN(CCC(F)(F)F)c1ccc(CN)cc1. The first-order chi connectivity index (χ1) is 7.96. The zero-order valence-corrected chi connectivity index (χ0v) is 9.80. The van der Waals surface area contributed by atoms with Crippen molar-refractivity contribution in [2.75, 3.05) is 18.0 Å². The molecule has 1 aromatic rings. The molecular weight excluding hydrogens is 229 g/mol. The first kappa shape index (κ1) is 13.8. The van der Waals surface area contributed by atoms with Gasteiger partial charge in [-0.3, -0.25) is 0 Å². The van der Waals surface area contributed by atoms with Gasteiger partial charge >= 0.3 is 6.18 Å². The molecule has 0 saturated heterocycles. The molecule has 0 spiro atoms. The Labute approximate surface area is 99.2 Å². The fourth-order valence-corrected chi connectivity index (χ4v) is 1.57. The summed E-state index contributed by atoms with van der Waals surface area (Å²) in [5.41, 5.74) is 7.23. The van der Waals surface area contributed by atoms with Gasteiger partial charge in [0, 0.05) is 25.3 Å². The van der Waals surface area contributed by atoms with E-state index in [9.17, 15) is 13.2 Å². The van der Waals surface area contributed by atoms with Crippen molar-refractivity contribution < 1.29 is 13.2 Å². The van der Waals surface area contributed by atoms with E-state index in [2.05, 4.69) is 0 Å². The number of alkyl halides is 3. The number of hydrogen-bond acceptors (Lipinski definition) is 2. The summed E-state index contributed by atoms with van der Waals surface area (Å²) in [6.45, 7) is 2.82. The number of rotatable bonds is 5. The van der Waals surface area contributed by atoms with E-state index in [-0.39, 0.29) is 6.54 Å². The molecule has 5 heteroatoms. The van der Waals surface area contributed by atoms with Crippen LogP contribution >= 0.6 is 0 Å². The Balaban J connectivity index is 2.66. The van der Waals surface area contributed by atoms with Gasteiger partial charge in [-0.1, -0.05) is 12.1 Å². The summed E-state index contributed by atoms with van der Waals surface area (Å²) in [6.07, 6.45) is -4.90. The summed E-state index contributed by atoms with van der Waals surface area (Å²) in [5, 5.41) is 0. The van der Waals surface area contributed by atoms with Crippen LogP contribution in [0.15, 0.2) is 24.3 Å². The number of nitrogens with two attached hydrogens (primary N) is 1. The second-order valence-electron chi connectivity index (χ2n) is 3.82. The predicted molar refractivity (Wildman–Crippen MR) is 62.9 cm³/mol. The molecule has 0 radical (unpaired) electrons. The topological polar surface area (TPSA) is 29.3 Å². The molecule has 0 aliphatic rings. The van der Waals surface area contributed by atoms with Gasteiger partial charge in [0.05, 0.1) is 6.42 Å². The van der Waals surface area contributed by atoms with Crippen LogP contribution in [0, 0.1) is 0 Å². The first-order valence-electron chi connectivity index (χ1n) is 5.57. The van der Waals surface area contributed by atoms with E-state index in [1.807, 2.05) is 31.2 Å². The molecule has 17 heavy (non-hydrogen) atoms. The minimum Gasteiger partial charge on any atom is -0.371 e. The van der Waals surface area contributed by atoms with Crippen LogP contribution in [-0.2, 0) is 6.54 Å². The lowest BCUT2D eigenvalue weighted by atomic mass is 10.2. The summed E-state index contributed by atoms with van der Waals surface area (Å²) in [5.74, 6) is 0. The lowest BCUT2D eigenvalue weighted by Gasteiger charge is -2.23. The Kier molecular flexibility index (Phi) is 4.81. The van der Waals surface area contributed by atoms with E-state index < -0.39 is 12.6 Å². The van der Waals surface area contributed by atoms with Crippen molar-refractivity contribution in [2.24, 2.45) is 5.73 Å².